The monoisotopic (exact) mass is 196 g/mol. The van der Waals surface area contributed by atoms with Gasteiger partial charge in [-0.05, 0) is 49.4 Å². The molecule has 14 heavy (non-hydrogen) atoms. The molecule has 3 aliphatic carbocycles. The standard InChI is InChI=1S/C12H20O2/c13-11-9-5-1-3-7(9)8-4-2-6-10(8)12(11)14/h7-14H,1-6H2/t7?,8?,9?,10?,11-,12-/m1/s1. The summed E-state index contributed by atoms with van der Waals surface area (Å²) in [6.07, 6.45) is 6.59. The molecule has 0 saturated heterocycles. The van der Waals surface area contributed by atoms with E-state index in [-0.39, 0.29) is 0 Å². The summed E-state index contributed by atoms with van der Waals surface area (Å²) < 4.78 is 0. The minimum Gasteiger partial charge on any atom is -0.390 e. The van der Waals surface area contributed by atoms with Crippen molar-refractivity contribution in [1.29, 1.82) is 0 Å². The zero-order chi connectivity index (χ0) is 9.71. The van der Waals surface area contributed by atoms with Crippen molar-refractivity contribution in [2.45, 2.75) is 50.7 Å². The van der Waals surface area contributed by atoms with Gasteiger partial charge in [-0.25, -0.2) is 0 Å². The Morgan fingerprint density at radius 3 is 1.36 bits per heavy atom. The lowest BCUT2D eigenvalue weighted by molar-refractivity contribution is -0.109. The molecule has 4 unspecified atom stereocenters. The van der Waals surface area contributed by atoms with Crippen molar-refractivity contribution < 1.29 is 10.2 Å². The van der Waals surface area contributed by atoms with Gasteiger partial charge >= 0.3 is 0 Å². The Labute approximate surface area is 85.3 Å². The summed E-state index contributed by atoms with van der Waals surface area (Å²) in [5.41, 5.74) is 0. The Bertz CT molecular complexity index is 204. The van der Waals surface area contributed by atoms with E-state index in [9.17, 15) is 10.2 Å². The molecule has 0 aromatic heterocycles. The lowest BCUT2D eigenvalue weighted by Gasteiger charge is -2.43. The first-order chi connectivity index (χ1) is 6.79. The normalized spacial score (nSPS) is 57.0. The molecule has 80 valence electrons. The zero-order valence-corrected chi connectivity index (χ0v) is 8.60. The highest BCUT2D eigenvalue weighted by Gasteiger charge is 2.52. The van der Waals surface area contributed by atoms with Crippen molar-refractivity contribution in [2.24, 2.45) is 23.7 Å². The highest BCUT2D eigenvalue weighted by atomic mass is 16.3. The van der Waals surface area contributed by atoms with E-state index in [0.29, 0.717) is 11.8 Å². The zero-order valence-electron chi connectivity index (χ0n) is 8.60. The fourth-order valence-corrected chi connectivity index (χ4v) is 4.45. The van der Waals surface area contributed by atoms with Crippen LogP contribution in [0.25, 0.3) is 0 Å². The van der Waals surface area contributed by atoms with E-state index < -0.39 is 12.2 Å². The predicted molar refractivity (Wildman–Crippen MR) is 53.7 cm³/mol. The molecule has 0 aromatic rings. The van der Waals surface area contributed by atoms with Crippen molar-refractivity contribution >= 4 is 0 Å². The summed E-state index contributed by atoms with van der Waals surface area (Å²) in [7, 11) is 0. The molecule has 3 rings (SSSR count). The topological polar surface area (TPSA) is 40.5 Å². The second-order valence-electron chi connectivity index (χ2n) is 5.50. The van der Waals surface area contributed by atoms with Crippen molar-refractivity contribution in [1.82, 2.24) is 0 Å². The Hall–Kier alpha value is -0.0800. The van der Waals surface area contributed by atoms with Gasteiger partial charge < -0.3 is 10.2 Å². The summed E-state index contributed by atoms with van der Waals surface area (Å²) in [5, 5.41) is 20.1. The Morgan fingerprint density at radius 1 is 0.571 bits per heavy atom. The summed E-state index contributed by atoms with van der Waals surface area (Å²) in [6, 6.07) is 0. The summed E-state index contributed by atoms with van der Waals surface area (Å²) in [5.74, 6) is 2.32. The van der Waals surface area contributed by atoms with Crippen molar-refractivity contribution in [3.63, 3.8) is 0 Å². The molecule has 3 saturated carbocycles. The minimum absolute atomic E-state index is 0.415. The van der Waals surface area contributed by atoms with E-state index >= 15 is 0 Å². The Morgan fingerprint density at radius 2 is 0.929 bits per heavy atom. The van der Waals surface area contributed by atoms with Gasteiger partial charge in [0.1, 0.15) is 0 Å². The first kappa shape index (κ1) is 9.17. The molecule has 0 spiro atoms. The van der Waals surface area contributed by atoms with Gasteiger partial charge in [0.15, 0.2) is 0 Å². The lowest BCUT2D eigenvalue weighted by atomic mass is 9.66. The third-order valence-electron chi connectivity index (χ3n) is 5.03. The number of hydrogen-bond donors (Lipinski definition) is 2. The predicted octanol–water partition coefficient (Wildman–Crippen LogP) is 1.55. The third kappa shape index (κ3) is 1.10. The third-order valence-corrected chi connectivity index (χ3v) is 5.03. The van der Waals surface area contributed by atoms with Crippen molar-refractivity contribution in [3.05, 3.63) is 0 Å². The first-order valence-corrected chi connectivity index (χ1v) is 6.15. The van der Waals surface area contributed by atoms with Crippen LogP contribution in [0.4, 0.5) is 0 Å². The van der Waals surface area contributed by atoms with Crippen LogP contribution in [-0.2, 0) is 0 Å². The maximum atomic E-state index is 10.0. The molecule has 0 aliphatic heterocycles. The highest BCUT2D eigenvalue weighted by Crippen LogP contribution is 2.53. The molecule has 0 aromatic carbocycles. The molecule has 6 atom stereocenters. The van der Waals surface area contributed by atoms with Crippen molar-refractivity contribution in [2.75, 3.05) is 0 Å². The van der Waals surface area contributed by atoms with E-state index in [1.165, 1.54) is 25.7 Å². The van der Waals surface area contributed by atoms with E-state index in [1.54, 1.807) is 0 Å². The van der Waals surface area contributed by atoms with Crippen LogP contribution in [0.15, 0.2) is 0 Å². The highest BCUT2D eigenvalue weighted by molar-refractivity contribution is 5.01. The molecule has 0 bridgehead atoms. The van der Waals surface area contributed by atoms with Crippen LogP contribution in [0.2, 0.25) is 0 Å². The number of aliphatic hydroxyl groups excluding tert-OH is 2. The van der Waals surface area contributed by atoms with Crippen LogP contribution in [-0.4, -0.2) is 22.4 Å². The van der Waals surface area contributed by atoms with E-state index in [2.05, 4.69) is 0 Å². The smallest absolute Gasteiger partial charge is 0.0832 e. The van der Waals surface area contributed by atoms with Crippen LogP contribution in [0, 0.1) is 23.7 Å². The summed E-state index contributed by atoms with van der Waals surface area (Å²) in [4.78, 5) is 0. The fraction of sp³-hybridized carbons (Fsp3) is 1.00. The lowest BCUT2D eigenvalue weighted by Crippen LogP contribution is -2.49. The van der Waals surface area contributed by atoms with Crippen LogP contribution >= 0.6 is 0 Å². The van der Waals surface area contributed by atoms with Gasteiger partial charge in [0.25, 0.3) is 0 Å². The van der Waals surface area contributed by atoms with Gasteiger partial charge in [-0.2, -0.15) is 0 Å². The molecule has 3 fully saturated rings. The molecule has 0 radical (unpaired) electrons. The molecule has 0 amide bonds. The average Bonchev–Trinajstić information content (AvgIpc) is 2.80. The molecule has 2 N–H and O–H groups in total. The van der Waals surface area contributed by atoms with Crippen molar-refractivity contribution in [3.8, 4) is 0 Å². The Balaban J connectivity index is 1.89. The number of aliphatic hydroxyl groups is 2. The largest absolute Gasteiger partial charge is 0.390 e. The maximum absolute atomic E-state index is 10.0. The van der Waals surface area contributed by atoms with Gasteiger partial charge in [0, 0.05) is 0 Å². The summed E-state index contributed by atoms with van der Waals surface area (Å²) >= 11 is 0. The van der Waals surface area contributed by atoms with Crippen LogP contribution in [0.3, 0.4) is 0 Å². The quantitative estimate of drug-likeness (QED) is 0.617. The van der Waals surface area contributed by atoms with Gasteiger partial charge in [-0.3, -0.25) is 0 Å². The molecule has 0 heterocycles. The van der Waals surface area contributed by atoms with Gasteiger partial charge in [-0.15, -0.1) is 0 Å². The molecule has 2 nitrogen and oxygen atoms in total. The van der Waals surface area contributed by atoms with E-state index in [0.717, 1.165) is 24.7 Å². The molecular formula is C12H20O2. The van der Waals surface area contributed by atoms with E-state index in [1.807, 2.05) is 0 Å². The molecular weight excluding hydrogens is 176 g/mol. The molecule has 3 aliphatic rings. The second-order valence-corrected chi connectivity index (χ2v) is 5.50. The number of hydrogen-bond acceptors (Lipinski definition) is 2. The fourth-order valence-electron chi connectivity index (χ4n) is 4.45. The van der Waals surface area contributed by atoms with Crippen LogP contribution in [0.1, 0.15) is 38.5 Å². The van der Waals surface area contributed by atoms with Gasteiger partial charge in [-0.1, -0.05) is 12.8 Å². The van der Waals surface area contributed by atoms with E-state index in [4.69, 9.17) is 0 Å². The Kier molecular flexibility index (Phi) is 2.10. The first-order valence-electron chi connectivity index (χ1n) is 6.15. The number of rotatable bonds is 0. The average molecular weight is 196 g/mol. The van der Waals surface area contributed by atoms with Crippen LogP contribution < -0.4 is 0 Å². The minimum atomic E-state index is -0.415. The maximum Gasteiger partial charge on any atom is 0.0832 e. The SMILES string of the molecule is O[C@@H]1C2CCCC2C2CCCC2[C@H]1O. The summed E-state index contributed by atoms with van der Waals surface area (Å²) in [6.45, 7) is 0. The van der Waals surface area contributed by atoms with Gasteiger partial charge in [0.05, 0.1) is 12.2 Å². The van der Waals surface area contributed by atoms with Crippen LogP contribution in [0.5, 0.6) is 0 Å². The number of fused-ring (bicyclic) bond motifs is 3. The van der Waals surface area contributed by atoms with Gasteiger partial charge in [0.2, 0.25) is 0 Å². The molecule has 2 heteroatoms. The second kappa shape index (κ2) is 3.21.